The summed E-state index contributed by atoms with van der Waals surface area (Å²) in [7, 11) is 0. The first-order valence-corrected chi connectivity index (χ1v) is 7.74. The Bertz CT molecular complexity index is 380. The van der Waals surface area contributed by atoms with E-state index in [1.807, 2.05) is 11.8 Å². The Hall–Kier alpha value is -0.0600. The van der Waals surface area contributed by atoms with Gasteiger partial charge < -0.3 is 5.11 Å². The second-order valence-corrected chi connectivity index (χ2v) is 6.61. The van der Waals surface area contributed by atoms with Crippen LogP contribution in [-0.2, 0) is 6.42 Å². The highest BCUT2D eigenvalue weighted by Gasteiger charge is 2.23. The Morgan fingerprint density at radius 1 is 1.47 bits per heavy atom. The molecule has 1 saturated heterocycles. The maximum absolute atomic E-state index is 12.9. The van der Waals surface area contributed by atoms with Crippen LogP contribution in [0.25, 0.3) is 0 Å². The van der Waals surface area contributed by atoms with Crippen molar-refractivity contribution in [2.75, 3.05) is 5.75 Å². The first kappa shape index (κ1) is 13.4. The van der Waals surface area contributed by atoms with Crippen molar-refractivity contribution in [1.82, 2.24) is 0 Å². The third-order valence-corrected chi connectivity index (χ3v) is 5.33. The van der Waals surface area contributed by atoms with Crippen molar-refractivity contribution in [2.45, 2.75) is 37.0 Å². The fourth-order valence-electron chi connectivity index (χ4n) is 2.11. The summed E-state index contributed by atoms with van der Waals surface area (Å²) >= 11 is 5.20. The predicted molar refractivity (Wildman–Crippen MR) is 73.9 cm³/mol. The maximum Gasteiger partial charge on any atom is 0.124 e. The van der Waals surface area contributed by atoms with Gasteiger partial charge in [0.1, 0.15) is 5.82 Å². The lowest BCUT2D eigenvalue weighted by Gasteiger charge is -2.26. The summed E-state index contributed by atoms with van der Waals surface area (Å²) in [4.78, 5) is 0. The van der Waals surface area contributed by atoms with Crippen LogP contribution in [0.3, 0.4) is 0 Å². The lowest BCUT2D eigenvalue weighted by atomic mass is 10.0. The second kappa shape index (κ2) is 6.21. The van der Waals surface area contributed by atoms with E-state index in [1.165, 1.54) is 25.0 Å². The van der Waals surface area contributed by atoms with E-state index in [-0.39, 0.29) is 11.9 Å². The number of halogens is 2. The van der Waals surface area contributed by atoms with Crippen molar-refractivity contribution in [3.8, 4) is 0 Å². The highest BCUT2D eigenvalue weighted by molar-refractivity contribution is 9.10. The Balaban J connectivity index is 1.99. The van der Waals surface area contributed by atoms with E-state index < -0.39 is 0 Å². The fraction of sp³-hybridized carbons (Fsp3) is 0.538. The zero-order chi connectivity index (χ0) is 12.3. The normalized spacial score (nSPS) is 22.4. The van der Waals surface area contributed by atoms with Gasteiger partial charge in [-0.25, -0.2) is 4.39 Å². The van der Waals surface area contributed by atoms with Crippen LogP contribution < -0.4 is 0 Å². The lowest BCUT2D eigenvalue weighted by molar-refractivity contribution is 0.166. The molecule has 0 aliphatic carbocycles. The van der Waals surface area contributed by atoms with Crippen molar-refractivity contribution in [1.29, 1.82) is 0 Å². The first-order valence-electron chi connectivity index (χ1n) is 5.90. The number of benzene rings is 1. The average Bonchev–Trinajstić information content (AvgIpc) is 2.34. The molecule has 0 aromatic heterocycles. The van der Waals surface area contributed by atoms with Gasteiger partial charge in [0, 0.05) is 16.1 Å². The maximum atomic E-state index is 12.9. The molecule has 1 fully saturated rings. The van der Waals surface area contributed by atoms with Crippen molar-refractivity contribution in [2.24, 2.45) is 0 Å². The molecule has 1 aliphatic heterocycles. The molecule has 0 saturated carbocycles. The Morgan fingerprint density at radius 3 is 2.94 bits per heavy atom. The number of hydrogen-bond acceptors (Lipinski definition) is 2. The Kier molecular flexibility index (Phi) is 4.88. The molecule has 1 nitrogen and oxygen atoms in total. The predicted octanol–water partition coefficient (Wildman–Crippen LogP) is 3.78. The van der Waals surface area contributed by atoms with Crippen LogP contribution in [0.4, 0.5) is 4.39 Å². The Morgan fingerprint density at radius 2 is 2.29 bits per heavy atom. The van der Waals surface area contributed by atoms with Gasteiger partial charge in [-0.05, 0) is 36.3 Å². The first-order chi connectivity index (χ1) is 8.16. The Labute approximate surface area is 114 Å². The summed E-state index contributed by atoms with van der Waals surface area (Å²) in [5.74, 6) is 0.897. The molecule has 0 radical (unpaired) electrons. The van der Waals surface area contributed by atoms with Gasteiger partial charge in [0.25, 0.3) is 0 Å². The topological polar surface area (TPSA) is 20.2 Å². The van der Waals surface area contributed by atoms with Gasteiger partial charge in [-0.15, -0.1) is 0 Å². The van der Waals surface area contributed by atoms with Crippen molar-refractivity contribution >= 4 is 27.7 Å². The fourth-order valence-corrected chi connectivity index (χ4v) is 3.95. The molecule has 17 heavy (non-hydrogen) atoms. The standard InChI is InChI=1S/C13H16BrFOS/c14-11-8-10(15)5-4-9(11)7-12(16)13-3-1-2-6-17-13/h4-5,8,12-13,16H,1-3,6-7H2. The minimum Gasteiger partial charge on any atom is -0.392 e. The molecule has 2 atom stereocenters. The second-order valence-electron chi connectivity index (χ2n) is 4.41. The van der Waals surface area contributed by atoms with Crippen molar-refractivity contribution in [3.05, 3.63) is 34.1 Å². The number of aliphatic hydroxyl groups is 1. The van der Waals surface area contributed by atoms with Crippen LogP contribution in [-0.4, -0.2) is 22.2 Å². The molecule has 4 heteroatoms. The molecule has 1 aliphatic rings. The van der Waals surface area contributed by atoms with Crippen LogP contribution in [0.1, 0.15) is 24.8 Å². The highest BCUT2D eigenvalue weighted by atomic mass is 79.9. The molecule has 94 valence electrons. The van der Waals surface area contributed by atoms with Gasteiger partial charge in [0.05, 0.1) is 6.10 Å². The SMILES string of the molecule is OC(Cc1ccc(F)cc1Br)C1CCCCS1. The zero-order valence-electron chi connectivity index (χ0n) is 9.53. The molecule has 0 amide bonds. The largest absolute Gasteiger partial charge is 0.392 e. The van der Waals surface area contributed by atoms with Crippen LogP contribution in [0, 0.1) is 5.82 Å². The van der Waals surface area contributed by atoms with Crippen molar-refractivity contribution < 1.29 is 9.50 Å². The smallest absolute Gasteiger partial charge is 0.124 e. The molecule has 2 unspecified atom stereocenters. The van der Waals surface area contributed by atoms with Gasteiger partial charge in [0.15, 0.2) is 0 Å². The molecular weight excluding hydrogens is 303 g/mol. The molecule has 1 aromatic carbocycles. The number of aliphatic hydroxyl groups excluding tert-OH is 1. The third-order valence-electron chi connectivity index (χ3n) is 3.09. The van der Waals surface area contributed by atoms with E-state index in [0.29, 0.717) is 11.7 Å². The van der Waals surface area contributed by atoms with Gasteiger partial charge in [-0.3, -0.25) is 0 Å². The summed E-state index contributed by atoms with van der Waals surface area (Å²) in [6, 6.07) is 4.65. The summed E-state index contributed by atoms with van der Waals surface area (Å²) in [5.41, 5.74) is 0.977. The third kappa shape index (κ3) is 3.70. The van der Waals surface area contributed by atoms with Crippen LogP contribution >= 0.6 is 27.7 Å². The summed E-state index contributed by atoms with van der Waals surface area (Å²) in [6.45, 7) is 0. The van der Waals surface area contributed by atoms with Gasteiger partial charge in [-0.1, -0.05) is 28.4 Å². The highest BCUT2D eigenvalue weighted by Crippen LogP contribution is 2.30. The van der Waals surface area contributed by atoms with Crippen LogP contribution in [0.15, 0.2) is 22.7 Å². The molecule has 1 aromatic rings. The van der Waals surface area contributed by atoms with Crippen molar-refractivity contribution in [3.63, 3.8) is 0 Å². The van der Waals surface area contributed by atoms with E-state index in [1.54, 1.807) is 6.07 Å². The van der Waals surface area contributed by atoms with E-state index >= 15 is 0 Å². The number of hydrogen-bond donors (Lipinski definition) is 1. The summed E-state index contributed by atoms with van der Waals surface area (Å²) in [5, 5.41) is 10.5. The zero-order valence-corrected chi connectivity index (χ0v) is 11.9. The monoisotopic (exact) mass is 318 g/mol. The molecule has 0 bridgehead atoms. The van der Waals surface area contributed by atoms with Crippen LogP contribution in [0.2, 0.25) is 0 Å². The number of rotatable bonds is 3. The minimum atomic E-state index is -0.331. The molecule has 1 heterocycles. The summed E-state index contributed by atoms with van der Waals surface area (Å²) < 4.78 is 13.7. The van der Waals surface area contributed by atoms with Gasteiger partial charge >= 0.3 is 0 Å². The lowest BCUT2D eigenvalue weighted by Crippen LogP contribution is -2.28. The molecule has 0 spiro atoms. The van der Waals surface area contributed by atoms with E-state index in [4.69, 9.17) is 0 Å². The summed E-state index contributed by atoms with van der Waals surface area (Å²) in [6.07, 6.45) is 3.82. The van der Waals surface area contributed by atoms with E-state index in [2.05, 4.69) is 15.9 Å². The molecular formula is C13H16BrFOS. The van der Waals surface area contributed by atoms with E-state index in [0.717, 1.165) is 22.2 Å². The molecule has 1 N–H and O–H groups in total. The van der Waals surface area contributed by atoms with Crippen LogP contribution in [0.5, 0.6) is 0 Å². The quantitative estimate of drug-likeness (QED) is 0.915. The average molecular weight is 319 g/mol. The number of thioether (sulfide) groups is 1. The van der Waals surface area contributed by atoms with E-state index in [9.17, 15) is 9.50 Å². The molecule has 2 rings (SSSR count). The van der Waals surface area contributed by atoms with Gasteiger partial charge in [-0.2, -0.15) is 11.8 Å². The minimum absolute atomic E-state index is 0.248. The van der Waals surface area contributed by atoms with Gasteiger partial charge in [0.2, 0.25) is 0 Å².